The van der Waals surface area contributed by atoms with Crippen LogP contribution in [0, 0.1) is 0 Å². The summed E-state index contributed by atoms with van der Waals surface area (Å²) < 4.78 is 0. The molecule has 128 valence electrons. The predicted molar refractivity (Wildman–Crippen MR) is 97.5 cm³/mol. The van der Waals surface area contributed by atoms with Gasteiger partial charge >= 0.3 is 0 Å². The number of carbonyl (C=O) groups excluding carboxylic acids is 2. The standard InChI is InChI=1S/C20H21N3O2/c1-20(2,3)18-16(21-12-22-18)11-15-17(24)10-14(19(25)23-15)9-13-7-5-4-6-8-13/h4-9,11-12H,10H2,1-3H3,(H,21,22)(H,23,25)/b14-9-,15-11-. The van der Waals surface area contributed by atoms with Gasteiger partial charge in [-0.25, -0.2) is 4.98 Å². The number of allylic oxidation sites excluding steroid dienone is 1. The van der Waals surface area contributed by atoms with E-state index in [1.807, 2.05) is 30.3 Å². The Balaban J connectivity index is 1.86. The van der Waals surface area contributed by atoms with E-state index in [9.17, 15) is 9.59 Å². The number of nitrogens with one attached hydrogen (secondary N) is 2. The molecule has 1 aliphatic rings. The first-order chi connectivity index (χ1) is 11.8. The summed E-state index contributed by atoms with van der Waals surface area (Å²) in [5.41, 5.74) is 3.11. The number of H-pyrrole nitrogens is 1. The molecule has 0 atom stereocenters. The fourth-order valence-corrected chi connectivity index (χ4v) is 2.76. The van der Waals surface area contributed by atoms with E-state index in [1.165, 1.54) is 0 Å². The second-order valence-corrected chi connectivity index (χ2v) is 7.11. The normalized spacial score (nSPS) is 18.7. The van der Waals surface area contributed by atoms with Gasteiger partial charge in [-0.15, -0.1) is 0 Å². The molecule has 1 fully saturated rings. The summed E-state index contributed by atoms with van der Waals surface area (Å²) in [4.78, 5) is 32.2. The van der Waals surface area contributed by atoms with Gasteiger partial charge in [-0.2, -0.15) is 0 Å². The lowest BCUT2D eigenvalue weighted by Gasteiger charge is -2.19. The average molecular weight is 335 g/mol. The number of aromatic amines is 1. The number of rotatable bonds is 2. The Labute approximate surface area is 146 Å². The second kappa shape index (κ2) is 6.51. The van der Waals surface area contributed by atoms with Crippen molar-refractivity contribution in [3.63, 3.8) is 0 Å². The number of nitrogens with zero attached hydrogens (tertiary/aromatic N) is 1. The molecule has 0 aliphatic carbocycles. The van der Waals surface area contributed by atoms with Crippen LogP contribution in [0.25, 0.3) is 12.2 Å². The molecule has 0 saturated carbocycles. The van der Waals surface area contributed by atoms with Crippen molar-refractivity contribution in [3.05, 3.63) is 64.9 Å². The summed E-state index contributed by atoms with van der Waals surface area (Å²) in [6.45, 7) is 6.18. The molecule has 1 aliphatic heterocycles. The zero-order valence-corrected chi connectivity index (χ0v) is 14.6. The average Bonchev–Trinajstić information content (AvgIpc) is 3.02. The van der Waals surface area contributed by atoms with Gasteiger partial charge in [-0.3, -0.25) is 9.59 Å². The molecule has 2 heterocycles. The van der Waals surface area contributed by atoms with E-state index in [0.717, 1.165) is 11.3 Å². The summed E-state index contributed by atoms with van der Waals surface area (Å²) in [5.74, 6) is -0.368. The highest BCUT2D eigenvalue weighted by Gasteiger charge is 2.27. The molecule has 1 saturated heterocycles. The summed E-state index contributed by atoms with van der Waals surface area (Å²) in [5, 5.41) is 2.70. The number of amides is 1. The Bertz CT molecular complexity index is 868. The van der Waals surface area contributed by atoms with Gasteiger partial charge in [0.15, 0.2) is 5.78 Å². The molecule has 1 aromatic heterocycles. The van der Waals surface area contributed by atoms with Gasteiger partial charge in [0.1, 0.15) is 0 Å². The van der Waals surface area contributed by atoms with Crippen LogP contribution in [0.3, 0.4) is 0 Å². The minimum Gasteiger partial charge on any atom is -0.348 e. The van der Waals surface area contributed by atoms with Gasteiger partial charge in [0.25, 0.3) is 5.91 Å². The SMILES string of the molecule is CC(C)(C)c1[nH]cnc1/C=C1\NC(=O)/C(=C\c2ccccc2)CC1=O. The van der Waals surface area contributed by atoms with Gasteiger partial charge in [0, 0.05) is 23.1 Å². The molecule has 5 heteroatoms. The lowest BCUT2D eigenvalue weighted by atomic mass is 9.90. The number of carbonyl (C=O) groups is 2. The maximum absolute atomic E-state index is 12.5. The third kappa shape index (κ3) is 3.76. The first-order valence-corrected chi connectivity index (χ1v) is 8.20. The Morgan fingerprint density at radius 2 is 1.80 bits per heavy atom. The van der Waals surface area contributed by atoms with Crippen LogP contribution in [-0.4, -0.2) is 21.7 Å². The monoisotopic (exact) mass is 335 g/mol. The lowest BCUT2D eigenvalue weighted by Crippen LogP contribution is -2.35. The third-order valence-corrected chi connectivity index (χ3v) is 4.03. The Hall–Kier alpha value is -2.95. The Kier molecular flexibility index (Phi) is 4.40. The number of benzene rings is 1. The van der Waals surface area contributed by atoms with Gasteiger partial charge in [0.2, 0.25) is 0 Å². The maximum atomic E-state index is 12.5. The highest BCUT2D eigenvalue weighted by Crippen LogP contribution is 2.25. The number of hydrogen-bond donors (Lipinski definition) is 2. The van der Waals surface area contributed by atoms with E-state index in [-0.39, 0.29) is 29.2 Å². The van der Waals surface area contributed by atoms with Crippen molar-refractivity contribution in [1.29, 1.82) is 0 Å². The van der Waals surface area contributed by atoms with Crippen molar-refractivity contribution >= 4 is 23.8 Å². The van der Waals surface area contributed by atoms with E-state index in [1.54, 1.807) is 18.5 Å². The van der Waals surface area contributed by atoms with E-state index >= 15 is 0 Å². The number of hydrogen-bond acceptors (Lipinski definition) is 3. The van der Waals surface area contributed by atoms with Crippen LogP contribution in [0.4, 0.5) is 0 Å². The van der Waals surface area contributed by atoms with Crippen LogP contribution < -0.4 is 5.32 Å². The molecule has 0 bridgehead atoms. The molecule has 1 amide bonds. The molecule has 25 heavy (non-hydrogen) atoms. The fraction of sp³-hybridized carbons (Fsp3) is 0.250. The van der Waals surface area contributed by atoms with Crippen molar-refractivity contribution in [2.45, 2.75) is 32.6 Å². The van der Waals surface area contributed by atoms with E-state index < -0.39 is 0 Å². The summed E-state index contributed by atoms with van der Waals surface area (Å²) >= 11 is 0. The second-order valence-electron chi connectivity index (χ2n) is 7.11. The number of piperidine rings is 1. The van der Waals surface area contributed by atoms with E-state index in [4.69, 9.17) is 0 Å². The molecule has 0 unspecified atom stereocenters. The molecule has 0 radical (unpaired) electrons. The Morgan fingerprint density at radius 1 is 1.08 bits per heavy atom. The highest BCUT2D eigenvalue weighted by molar-refractivity contribution is 6.15. The molecule has 2 aromatic rings. The van der Waals surface area contributed by atoms with Crippen LogP contribution in [-0.2, 0) is 15.0 Å². The lowest BCUT2D eigenvalue weighted by molar-refractivity contribution is -0.123. The zero-order chi connectivity index (χ0) is 18.0. The van der Waals surface area contributed by atoms with E-state index in [2.05, 4.69) is 36.1 Å². The summed E-state index contributed by atoms with van der Waals surface area (Å²) in [6, 6.07) is 9.49. The highest BCUT2D eigenvalue weighted by atomic mass is 16.2. The summed E-state index contributed by atoms with van der Waals surface area (Å²) in [6.07, 6.45) is 5.08. The first-order valence-electron chi connectivity index (χ1n) is 8.20. The molecule has 5 nitrogen and oxygen atoms in total. The van der Waals surface area contributed by atoms with Crippen molar-refractivity contribution in [2.75, 3.05) is 0 Å². The van der Waals surface area contributed by atoms with Crippen LogP contribution in [0.1, 0.15) is 44.1 Å². The van der Waals surface area contributed by atoms with Gasteiger partial charge < -0.3 is 10.3 Å². The van der Waals surface area contributed by atoms with Crippen molar-refractivity contribution < 1.29 is 9.59 Å². The van der Waals surface area contributed by atoms with Crippen LogP contribution in [0.15, 0.2) is 47.9 Å². The van der Waals surface area contributed by atoms with E-state index in [0.29, 0.717) is 11.3 Å². The number of aromatic nitrogens is 2. The number of ketones is 1. The van der Waals surface area contributed by atoms with Crippen LogP contribution in [0.2, 0.25) is 0 Å². The van der Waals surface area contributed by atoms with Gasteiger partial charge in [0.05, 0.1) is 17.7 Å². The smallest absolute Gasteiger partial charge is 0.252 e. The maximum Gasteiger partial charge on any atom is 0.252 e. The van der Waals surface area contributed by atoms with Crippen molar-refractivity contribution in [2.24, 2.45) is 0 Å². The third-order valence-electron chi connectivity index (χ3n) is 4.03. The molecule has 0 spiro atoms. The number of imidazole rings is 1. The largest absolute Gasteiger partial charge is 0.348 e. The molecular weight excluding hydrogens is 314 g/mol. The number of Topliss-reactive ketones (excluding diaryl/α,β-unsaturated/α-hetero) is 1. The molecular formula is C20H21N3O2. The Morgan fingerprint density at radius 3 is 2.48 bits per heavy atom. The van der Waals surface area contributed by atoms with Crippen molar-refractivity contribution in [3.8, 4) is 0 Å². The van der Waals surface area contributed by atoms with Gasteiger partial charge in [-0.05, 0) is 17.7 Å². The topological polar surface area (TPSA) is 74.8 Å². The van der Waals surface area contributed by atoms with Crippen molar-refractivity contribution in [1.82, 2.24) is 15.3 Å². The molecule has 3 rings (SSSR count). The zero-order valence-electron chi connectivity index (χ0n) is 14.6. The van der Waals surface area contributed by atoms with Gasteiger partial charge in [-0.1, -0.05) is 51.1 Å². The predicted octanol–water partition coefficient (Wildman–Crippen LogP) is 3.22. The van der Waals surface area contributed by atoms with Crippen LogP contribution >= 0.6 is 0 Å². The van der Waals surface area contributed by atoms with Crippen LogP contribution in [0.5, 0.6) is 0 Å². The quantitative estimate of drug-likeness (QED) is 0.828. The summed E-state index contributed by atoms with van der Waals surface area (Å²) in [7, 11) is 0. The minimum absolute atomic E-state index is 0.0852. The first kappa shape index (κ1) is 16.9. The fourth-order valence-electron chi connectivity index (χ4n) is 2.76. The molecule has 2 N–H and O–H groups in total. The molecule has 1 aromatic carbocycles. The minimum atomic E-state index is -0.248.